The fourth-order valence-electron chi connectivity index (χ4n) is 1.97. The number of nitrogens with one attached hydrogen (secondary N) is 2. The molecule has 1 aliphatic carbocycles. The summed E-state index contributed by atoms with van der Waals surface area (Å²) in [6, 6.07) is 4.11. The van der Waals surface area contributed by atoms with Crippen molar-refractivity contribution in [1.82, 2.24) is 4.98 Å². The van der Waals surface area contributed by atoms with Crippen LogP contribution in [0, 0.1) is 0 Å². The van der Waals surface area contributed by atoms with E-state index in [4.69, 9.17) is 0 Å². The van der Waals surface area contributed by atoms with Gasteiger partial charge in [-0.15, -0.1) is 0 Å². The van der Waals surface area contributed by atoms with Gasteiger partial charge in [0.05, 0.1) is 0 Å². The van der Waals surface area contributed by atoms with Crippen LogP contribution in [0.2, 0.25) is 0 Å². The molecule has 0 aliphatic heterocycles. The first-order valence-corrected chi connectivity index (χ1v) is 5.70. The van der Waals surface area contributed by atoms with Crippen molar-refractivity contribution in [3.05, 3.63) is 18.3 Å². The van der Waals surface area contributed by atoms with Gasteiger partial charge in [-0.1, -0.05) is 0 Å². The standard InChI is InChI=1S/C12H19N3/c1-3-13-11-9-10(5-8-14-11)15-12(2)6-4-7-12/h5,8-9H,3-4,6-7H2,1-2H3,(H2,13,14,15). The summed E-state index contributed by atoms with van der Waals surface area (Å²) in [5.41, 5.74) is 1.48. The van der Waals surface area contributed by atoms with E-state index in [-0.39, 0.29) is 0 Å². The van der Waals surface area contributed by atoms with Crippen molar-refractivity contribution in [3.63, 3.8) is 0 Å². The molecule has 1 aromatic rings. The van der Waals surface area contributed by atoms with Crippen molar-refractivity contribution in [2.24, 2.45) is 0 Å². The van der Waals surface area contributed by atoms with Gasteiger partial charge in [0, 0.05) is 30.0 Å². The van der Waals surface area contributed by atoms with Gasteiger partial charge in [-0.2, -0.15) is 0 Å². The Morgan fingerprint density at radius 1 is 1.47 bits per heavy atom. The van der Waals surface area contributed by atoms with Gasteiger partial charge in [0.1, 0.15) is 5.82 Å². The maximum atomic E-state index is 4.25. The Labute approximate surface area is 91.3 Å². The number of rotatable bonds is 4. The van der Waals surface area contributed by atoms with E-state index in [1.54, 1.807) is 0 Å². The average molecular weight is 205 g/mol. The van der Waals surface area contributed by atoms with Gasteiger partial charge < -0.3 is 10.6 Å². The summed E-state index contributed by atoms with van der Waals surface area (Å²) < 4.78 is 0. The molecule has 2 rings (SSSR count). The van der Waals surface area contributed by atoms with Crippen molar-refractivity contribution >= 4 is 11.5 Å². The fraction of sp³-hybridized carbons (Fsp3) is 0.583. The molecule has 0 amide bonds. The fourth-order valence-corrected chi connectivity index (χ4v) is 1.97. The van der Waals surface area contributed by atoms with Gasteiger partial charge in [0.2, 0.25) is 0 Å². The number of pyridine rings is 1. The first kappa shape index (κ1) is 10.3. The molecule has 0 aromatic carbocycles. The molecule has 1 heterocycles. The summed E-state index contributed by atoms with van der Waals surface area (Å²) in [6.07, 6.45) is 5.73. The predicted octanol–water partition coefficient (Wildman–Crippen LogP) is 2.87. The number of anilines is 2. The molecule has 0 unspecified atom stereocenters. The van der Waals surface area contributed by atoms with Gasteiger partial charge in [0.25, 0.3) is 0 Å². The van der Waals surface area contributed by atoms with E-state index in [2.05, 4.69) is 35.5 Å². The van der Waals surface area contributed by atoms with Crippen molar-refractivity contribution in [2.75, 3.05) is 17.2 Å². The van der Waals surface area contributed by atoms with E-state index in [0.717, 1.165) is 12.4 Å². The van der Waals surface area contributed by atoms with E-state index in [1.807, 2.05) is 12.3 Å². The third-order valence-electron chi connectivity index (χ3n) is 3.02. The molecule has 0 spiro atoms. The summed E-state index contributed by atoms with van der Waals surface area (Å²) in [7, 11) is 0. The summed E-state index contributed by atoms with van der Waals surface area (Å²) >= 11 is 0. The number of aromatic nitrogens is 1. The van der Waals surface area contributed by atoms with Crippen molar-refractivity contribution in [2.45, 2.75) is 38.6 Å². The first-order chi connectivity index (χ1) is 7.22. The van der Waals surface area contributed by atoms with E-state index >= 15 is 0 Å². The van der Waals surface area contributed by atoms with Crippen LogP contribution in [0.15, 0.2) is 18.3 Å². The Hall–Kier alpha value is -1.25. The lowest BCUT2D eigenvalue weighted by Gasteiger charge is -2.40. The first-order valence-electron chi connectivity index (χ1n) is 5.70. The minimum Gasteiger partial charge on any atom is -0.380 e. The Bertz CT molecular complexity index is 331. The van der Waals surface area contributed by atoms with Crippen LogP contribution in [-0.2, 0) is 0 Å². The highest BCUT2D eigenvalue weighted by molar-refractivity contribution is 5.53. The lowest BCUT2D eigenvalue weighted by atomic mass is 9.78. The van der Waals surface area contributed by atoms with Crippen molar-refractivity contribution in [1.29, 1.82) is 0 Å². The van der Waals surface area contributed by atoms with Crippen LogP contribution < -0.4 is 10.6 Å². The predicted molar refractivity (Wildman–Crippen MR) is 64.3 cm³/mol. The van der Waals surface area contributed by atoms with Gasteiger partial charge in [-0.05, 0) is 39.2 Å². The Balaban J connectivity index is 2.04. The summed E-state index contributed by atoms with van der Waals surface area (Å²) in [6.45, 7) is 5.27. The van der Waals surface area contributed by atoms with Crippen LogP contribution in [0.5, 0.6) is 0 Å². The zero-order valence-corrected chi connectivity index (χ0v) is 9.51. The third-order valence-corrected chi connectivity index (χ3v) is 3.02. The van der Waals surface area contributed by atoms with Crippen LogP contribution in [0.1, 0.15) is 33.1 Å². The lowest BCUT2D eigenvalue weighted by Crippen LogP contribution is -2.41. The molecule has 1 aliphatic rings. The molecule has 2 N–H and O–H groups in total. The van der Waals surface area contributed by atoms with Crippen LogP contribution in [-0.4, -0.2) is 17.1 Å². The van der Waals surface area contributed by atoms with Crippen LogP contribution in [0.3, 0.4) is 0 Å². The van der Waals surface area contributed by atoms with Crippen LogP contribution in [0.4, 0.5) is 11.5 Å². The third kappa shape index (κ3) is 2.41. The maximum absolute atomic E-state index is 4.25. The summed E-state index contributed by atoms with van der Waals surface area (Å²) in [4.78, 5) is 4.25. The molecule has 3 heteroatoms. The topological polar surface area (TPSA) is 37.0 Å². The van der Waals surface area contributed by atoms with Gasteiger partial charge >= 0.3 is 0 Å². The Morgan fingerprint density at radius 2 is 2.27 bits per heavy atom. The average Bonchev–Trinajstić information content (AvgIpc) is 2.16. The molecule has 0 bridgehead atoms. The SMILES string of the molecule is CCNc1cc(NC2(C)CCC2)ccn1. The molecule has 1 fully saturated rings. The van der Waals surface area contributed by atoms with Gasteiger partial charge in [0.15, 0.2) is 0 Å². The highest BCUT2D eigenvalue weighted by Crippen LogP contribution is 2.34. The zero-order chi connectivity index (χ0) is 10.7. The van der Waals surface area contributed by atoms with Crippen molar-refractivity contribution in [3.8, 4) is 0 Å². The largest absolute Gasteiger partial charge is 0.380 e. The quantitative estimate of drug-likeness (QED) is 0.793. The monoisotopic (exact) mass is 205 g/mol. The number of hydrogen-bond acceptors (Lipinski definition) is 3. The zero-order valence-electron chi connectivity index (χ0n) is 9.51. The number of nitrogens with zero attached hydrogens (tertiary/aromatic N) is 1. The normalized spacial score (nSPS) is 18.0. The van der Waals surface area contributed by atoms with E-state index in [1.165, 1.54) is 24.9 Å². The Kier molecular flexibility index (Phi) is 2.80. The smallest absolute Gasteiger partial charge is 0.127 e. The molecule has 1 saturated carbocycles. The molecule has 0 radical (unpaired) electrons. The van der Waals surface area contributed by atoms with Crippen LogP contribution in [0.25, 0.3) is 0 Å². The van der Waals surface area contributed by atoms with Gasteiger partial charge in [-0.25, -0.2) is 4.98 Å². The molecule has 0 atom stereocenters. The minimum absolute atomic E-state index is 0.310. The Morgan fingerprint density at radius 3 is 2.87 bits per heavy atom. The second kappa shape index (κ2) is 4.09. The molecule has 15 heavy (non-hydrogen) atoms. The van der Waals surface area contributed by atoms with Crippen molar-refractivity contribution < 1.29 is 0 Å². The van der Waals surface area contributed by atoms with E-state index < -0.39 is 0 Å². The molecular formula is C12H19N3. The van der Waals surface area contributed by atoms with E-state index in [0.29, 0.717) is 5.54 Å². The lowest BCUT2D eigenvalue weighted by molar-refractivity contribution is 0.306. The molecular weight excluding hydrogens is 186 g/mol. The summed E-state index contributed by atoms with van der Waals surface area (Å²) in [5, 5.41) is 6.79. The minimum atomic E-state index is 0.310. The summed E-state index contributed by atoms with van der Waals surface area (Å²) in [5.74, 6) is 0.949. The highest BCUT2D eigenvalue weighted by atomic mass is 15.0. The van der Waals surface area contributed by atoms with E-state index in [9.17, 15) is 0 Å². The second-order valence-electron chi connectivity index (χ2n) is 4.50. The van der Waals surface area contributed by atoms with Gasteiger partial charge in [-0.3, -0.25) is 0 Å². The molecule has 3 nitrogen and oxygen atoms in total. The molecule has 82 valence electrons. The second-order valence-corrected chi connectivity index (χ2v) is 4.50. The van der Waals surface area contributed by atoms with Crippen LogP contribution >= 0.6 is 0 Å². The number of hydrogen-bond donors (Lipinski definition) is 2. The molecule has 1 aromatic heterocycles. The maximum Gasteiger partial charge on any atom is 0.127 e. The molecule has 0 saturated heterocycles. The highest BCUT2D eigenvalue weighted by Gasteiger charge is 2.31.